The quantitative estimate of drug-likeness (QED) is 0.439. The molecule has 0 saturated heterocycles. The fraction of sp³-hybridized carbons (Fsp3) is 0.333. The molecule has 3 aromatic rings. The van der Waals surface area contributed by atoms with Crippen molar-refractivity contribution >= 4 is 11.8 Å². The molecule has 0 fully saturated rings. The maximum atomic E-state index is 13.5. The highest BCUT2D eigenvalue weighted by Gasteiger charge is 2.24. The molecule has 184 valence electrons. The zero-order valence-corrected chi connectivity index (χ0v) is 20.3. The van der Waals surface area contributed by atoms with Gasteiger partial charge in [-0.05, 0) is 55.8 Å². The van der Waals surface area contributed by atoms with E-state index >= 15 is 0 Å². The lowest BCUT2D eigenvalue weighted by Gasteiger charge is -2.27. The van der Waals surface area contributed by atoms with E-state index in [4.69, 9.17) is 18.6 Å². The van der Waals surface area contributed by atoms with Gasteiger partial charge in [-0.1, -0.05) is 23.8 Å². The summed E-state index contributed by atoms with van der Waals surface area (Å²) >= 11 is 0. The van der Waals surface area contributed by atoms with Gasteiger partial charge < -0.3 is 28.4 Å². The van der Waals surface area contributed by atoms with Crippen LogP contribution in [0.15, 0.2) is 59.0 Å². The third-order valence-electron chi connectivity index (χ3n) is 5.78. The molecule has 0 spiro atoms. The van der Waals surface area contributed by atoms with E-state index in [1.807, 2.05) is 56.3 Å². The van der Waals surface area contributed by atoms with Crippen molar-refractivity contribution in [3.63, 3.8) is 0 Å². The minimum atomic E-state index is -0.215. The monoisotopic (exact) mass is 478 g/mol. The van der Waals surface area contributed by atoms with Crippen LogP contribution < -0.4 is 9.47 Å². The van der Waals surface area contributed by atoms with Crippen molar-refractivity contribution in [3.8, 4) is 11.5 Å². The van der Waals surface area contributed by atoms with Gasteiger partial charge in [-0.3, -0.25) is 9.59 Å². The molecule has 0 saturated carbocycles. The number of furan rings is 1. The molecule has 8 nitrogen and oxygen atoms in total. The second-order valence-corrected chi connectivity index (χ2v) is 8.54. The van der Waals surface area contributed by atoms with E-state index in [2.05, 4.69) is 0 Å². The fourth-order valence-electron chi connectivity index (χ4n) is 3.85. The summed E-state index contributed by atoms with van der Waals surface area (Å²) < 4.78 is 21.8. The van der Waals surface area contributed by atoms with Gasteiger partial charge >= 0.3 is 0 Å². The number of benzene rings is 2. The third-order valence-corrected chi connectivity index (χ3v) is 5.78. The van der Waals surface area contributed by atoms with Gasteiger partial charge in [0.1, 0.15) is 18.1 Å². The van der Waals surface area contributed by atoms with Crippen molar-refractivity contribution in [2.24, 2.45) is 0 Å². The average molecular weight is 479 g/mol. The number of carbonyl (C=O) groups excluding carboxylic acids is 2. The minimum Gasteiger partial charge on any atom is -0.464 e. The van der Waals surface area contributed by atoms with Crippen molar-refractivity contribution < 1.29 is 28.2 Å². The van der Waals surface area contributed by atoms with Gasteiger partial charge in [-0.2, -0.15) is 0 Å². The minimum absolute atomic E-state index is 0.0830. The van der Waals surface area contributed by atoms with Crippen LogP contribution in [0.2, 0.25) is 0 Å². The van der Waals surface area contributed by atoms with Crippen molar-refractivity contribution in [2.45, 2.75) is 26.9 Å². The summed E-state index contributed by atoms with van der Waals surface area (Å²) in [7, 11) is 1.57. The zero-order chi connectivity index (χ0) is 24.8. The number of fused-ring (bicyclic) bond motifs is 1. The van der Waals surface area contributed by atoms with Crippen molar-refractivity contribution in [1.82, 2.24) is 9.80 Å². The Morgan fingerprint density at radius 3 is 2.40 bits per heavy atom. The Morgan fingerprint density at radius 2 is 1.69 bits per heavy atom. The van der Waals surface area contributed by atoms with E-state index in [1.165, 1.54) is 4.90 Å². The molecule has 2 aromatic carbocycles. The van der Waals surface area contributed by atoms with Crippen LogP contribution in [0, 0.1) is 13.8 Å². The summed E-state index contributed by atoms with van der Waals surface area (Å²) in [5.41, 5.74) is 2.48. The topological polar surface area (TPSA) is 81.5 Å². The van der Waals surface area contributed by atoms with Gasteiger partial charge in [0, 0.05) is 25.8 Å². The first-order chi connectivity index (χ1) is 16.9. The van der Waals surface area contributed by atoms with E-state index in [0.717, 1.165) is 16.9 Å². The van der Waals surface area contributed by atoms with Crippen LogP contribution in [0.5, 0.6) is 11.5 Å². The number of carbonyl (C=O) groups is 2. The maximum Gasteiger partial charge on any atom is 0.254 e. The molecule has 1 aromatic heterocycles. The zero-order valence-electron chi connectivity index (χ0n) is 20.3. The van der Waals surface area contributed by atoms with Crippen LogP contribution in [0.1, 0.15) is 33.0 Å². The van der Waals surface area contributed by atoms with Crippen LogP contribution >= 0.6 is 0 Å². The Kier molecular flexibility index (Phi) is 7.72. The van der Waals surface area contributed by atoms with E-state index in [9.17, 15) is 9.59 Å². The smallest absolute Gasteiger partial charge is 0.254 e. The molecule has 1 aliphatic rings. The highest BCUT2D eigenvalue weighted by Crippen LogP contribution is 2.33. The Morgan fingerprint density at radius 1 is 0.914 bits per heavy atom. The molecular formula is C27H30N2O6. The number of amides is 2. The van der Waals surface area contributed by atoms with Crippen LogP contribution in [0.4, 0.5) is 0 Å². The van der Waals surface area contributed by atoms with E-state index < -0.39 is 0 Å². The lowest BCUT2D eigenvalue weighted by atomic mass is 10.1. The van der Waals surface area contributed by atoms with E-state index in [0.29, 0.717) is 42.5 Å². The molecular weight excluding hydrogens is 448 g/mol. The SMILES string of the molecule is COCCN(CC(=O)N(Cc1ccc2c(c1)OCO2)Cc1ccc(C)o1)C(=O)c1ccc(C)cc1. The lowest BCUT2D eigenvalue weighted by Crippen LogP contribution is -2.43. The number of ether oxygens (including phenoxy) is 3. The number of hydrogen-bond acceptors (Lipinski definition) is 6. The molecule has 1 aliphatic heterocycles. The fourth-order valence-corrected chi connectivity index (χ4v) is 3.85. The van der Waals surface area contributed by atoms with E-state index in [-0.39, 0.29) is 31.7 Å². The summed E-state index contributed by atoms with van der Waals surface area (Å²) in [4.78, 5) is 30.0. The maximum absolute atomic E-state index is 13.5. The molecule has 0 radical (unpaired) electrons. The molecule has 8 heteroatoms. The van der Waals surface area contributed by atoms with Gasteiger partial charge in [0.15, 0.2) is 11.5 Å². The molecule has 0 bridgehead atoms. The molecule has 2 amide bonds. The van der Waals surface area contributed by atoms with Gasteiger partial charge in [-0.15, -0.1) is 0 Å². The number of aryl methyl sites for hydroxylation is 2. The van der Waals surface area contributed by atoms with Gasteiger partial charge in [0.25, 0.3) is 5.91 Å². The highest BCUT2D eigenvalue weighted by atomic mass is 16.7. The summed E-state index contributed by atoms with van der Waals surface area (Å²) in [6.45, 7) is 5.15. The van der Waals surface area contributed by atoms with Gasteiger partial charge in [0.05, 0.1) is 13.2 Å². The number of nitrogens with zero attached hydrogens (tertiary/aromatic N) is 2. The number of methoxy groups -OCH3 is 1. The first kappa shape index (κ1) is 24.3. The van der Waals surface area contributed by atoms with Gasteiger partial charge in [0.2, 0.25) is 12.7 Å². The third kappa shape index (κ3) is 6.22. The summed E-state index contributed by atoms with van der Waals surface area (Å²) in [6.07, 6.45) is 0. The van der Waals surface area contributed by atoms with Crippen molar-refractivity contribution in [2.75, 3.05) is 33.6 Å². The Balaban J connectivity index is 1.54. The first-order valence-corrected chi connectivity index (χ1v) is 11.5. The Hall–Kier alpha value is -3.78. The molecule has 0 atom stereocenters. The molecule has 35 heavy (non-hydrogen) atoms. The standard InChI is InChI=1S/C27H30N2O6/c1-19-4-8-22(9-5-19)27(31)28(12-13-32-3)17-26(30)29(16-23-10-6-20(2)35-23)15-21-7-11-24-25(14-21)34-18-33-24/h4-11,14H,12-13,15-18H2,1-3H3. The van der Waals surface area contributed by atoms with Crippen LogP contribution in [0.25, 0.3) is 0 Å². The lowest BCUT2D eigenvalue weighted by molar-refractivity contribution is -0.133. The second-order valence-electron chi connectivity index (χ2n) is 8.54. The first-order valence-electron chi connectivity index (χ1n) is 11.5. The second kappa shape index (κ2) is 11.1. The molecule has 0 aliphatic carbocycles. The summed E-state index contributed by atoms with van der Waals surface area (Å²) in [6, 6.07) is 16.7. The summed E-state index contributed by atoms with van der Waals surface area (Å²) in [5, 5.41) is 0. The Labute approximate surface area is 205 Å². The summed E-state index contributed by atoms with van der Waals surface area (Å²) in [5.74, 6) is 2.36. The van der Waals surface area contributed by atoms with Crippen molar-refractivity contribution in [1.29, 1.82) is 0 Å². The Bertz CT molecular complexity index is 1170. The molecule has 4 rings (SSSR count). The van der Waals surface area contributed by atoms with Crippen LogP contribution in [-0.2, 0) is 22.6 Å². The van der Waals surface area contributed by atoms with Gasteiger partial charge in [-0.25, -0.2) is 0 Å². The molecule has 0 N–H and O–H groups in total. The largest absolute Gasteiger partial charge is 0.464 e. The number of hydrogen-bond donors (Lipinski definition) is 0. The predicted octanol–water partition coefficient (Wildman–Crippen LogP) is 3.94. The van der Waals surface area contributed by atoms with Crippen molar-refractivity contribution in [3.05, 3.63) is 82.8 Å². The van der Waals surface area contributed by atoms with E-state index in [1.54, 1.807) is 24.1 Å². The van der Waals surface area contributed by atoms with Crippen LogP contribution in [0.3, 0.4) is 0 Å². The normalized spacial score (nSPS) is 12.0. The molecule has 2 heterocycles. The van der Waals surface area contributed by atoms with Crippen LogP contribution in [-0.4, -0.2) is 55.2 Å². The average Bonchev–Trinajstić information content (AvgIpc) is 3.49. The predicted molar refractivity (Wildman–Crippen MR) is 129 cm³/mol. The highest BCUT2D eigenvalue weighted by molar-refractivity contribution is 5.96. The molecule has 0 unspecified atom stereocenters. The number of rotatable bonds is 10.